The smallest absolute Gasteiger partial charge is 0.174 e. The van der Waals surface area contributed by atoms with Crippen molar-refractivity contribution in [3.63, 3.8) is 0 Å². The first-order valence-electron chi connectivity index (χ1n) is 5.62. The lowest BCUT2D eigenvalue weighted by Gasteiger charge is -2.11. The lowest BCUT2D eigenvalue weighted by atomic mass is 9.98. The fourth-order valence-corrected chi connectivity index (χ4v) is 3.07. The number of carbonyl (C=O) groups is 1. The Morgan fingerprint density at radius 2 is 2.00 bits per heavy atom. The Hall–Kier alpha value is -0.700. The summed E-state index contributed by atoms with van der Waals surface area (Å²) in [5.74, 6) is 1.36. The van der Waals surface area contributed by atoms with Crippen LogP contribution in [0.2, 0.25) is 0 Å². The van der Waals surface area contributed by atoms with E-state index in [0.29, 0.717) is 24.0 Å². The number of aromatic nitrogens is 1. The van der Waals surface area contributed by atoms with E-state index < -0.39 is 0 Å². The van der Waals surface area contributed by atoms with Crippen molar-refractivity contribution in [2.45, 2.75) is 46.0 Å². The van der Waals surface area contributed by atoms with Crippen LogP contribution in [0.5, 0.6) is 0 Å². The van der Waals surface area contributed by atoms with Gasteiger partial charge in [0.2, 0.25) is 0 Å². The first-order valence-corrected chi connectivity index (χ1v) is 6.44. The number of rotatable bonds is 2. The summed E-state index contributed by atoms with van der Waals surface area (Å²) in [5.41, 5.74) is 1.05. The molecule has 1 atom stereocenters. The van der Waals surface area contributed by atoms with Crippen LogP contribution < -0.4 is 0 Å². The number of aryl methyl sites for hydroxylation is 1. The Kier molecular flexibility index (Phi) is 2.91. The second kappa shape index (κ2) is 4.05. The van der Waals surface area contributed by atoms with Gasteiger partial charge < -0.3 is 0 Å². The maximum absolute atomic E-state index is 11.7. The number of ketones is 1. The number of Topliss-reactive ketones (excluding diaryl/α,β-unsaturated/α-hetero) is 1. The Bertz CT molecular complexity index is 381. The third-order valence-electron chi connectivity index (χ3n) is 3.17. The molecular weight excluding hydrogens is 206 g/mol. The molecule has 1 aromatic rings. The van der Waals surface area contributed by atoms with Gasteiger partial charge in [-0.15, -0.1) is 11.3 Å². The molecule has 1 aliphatic carbocycles. The molecule has 0 fully saturated rings. The standard InChI is InChI=1S/C12H17NOS/c1-7(2)8(3)12-13-9-5-4-6-10(14)11(9)15-12/h7-8H,4-6H2,1-3H3. The van der Waals surface area contributed by atoms with Crippen LogP contribution in [-0.4, -0.2) is 10.8 Å². The molecule has 0 aromatic carbocycles. The van der Waals surface area contributed by atoms with Crippen molar-refractivity contribution in [3.05, 3.63) is 15.6 Å². The zero-order chi connectivity index (χ0) is 11.0. The largest absolute Gasteiger partial charge is 0.293 e. The minimum absolute atomic E-state index is 0.302. The Morgan fingerprint density at radius 1 is 1.27 bits per heavy atom. The maximum atomic E-state index is 11.7. The highest BCUT2D eigenvalue weighted by Gasteiger charge is 2.24. The number of fused-ring (bicyclic) bond motifs is 1. The van der Waals surface area contributed by atoms with Gasteiger partial charge in [-0.2, -0.15) is 0 Å². The molecule has 0 N–H and O–H groups in total. The molecule has 2 rings (SSSR count). The fourth-order valence-electron chi connectivity index (χ4n) is 1.77. The molecular formula is C12H17NOS. The number of thiazole rings is 1. The van der Waals surface area contributed by atoms with E-state index in [4.69, 9.17) is 0 Å². The zero-order valence-corrected chi connectivity index (χ0v) is 10.4. The summed E-state index contributed by atoms with van der Waals surface area (Å²) >= 11 is 1.62. The third kappa shape index (κ3) is 1.98. The molecule has 1 aromatic heterocycles. The van der Waals surface area contributed by atoms with E-state index >= 15 is 0 Å². The lowest BCUT2D eigenvalue weighted by molar-refractivity contribution is 0.0976. The van der Waals surface area contributed by atoms with E-state index in [1.54, 1.807) is 11.3 Å². The summed E-state index contributed by atoms with van der Waals surface area (Å²) in [5, 5.41) is 1.14. The van der Waals surface area contributed by atoms with Crippen LogP contribution in [-0.2, 0) is 6.42 Å². The van der Waals surface area contributed by atoms with Crippen molar-refractivity contribution in [1.82, 2.24) is 4.98 Å². The van der Waals surface area contributed by atoms with Gasteiger partial charge in [-0.1, -0.05) is 20.8 Å². The van der Waals surface area contributed by atoms with Crippen LogP contribution in [0.3, 0.4) is 0 Å². The van der Waals surface area contributed by atoms with Crippen molar-refractivity contribution < 1.29 is 4.79 Å². The number of carbonyl (C=O) groups excluding carboxylic acids is 1. The molecule has 2 nitrogen and oxygen atoms in total. The Balaban J connectivity index is 2.33. The van der Waals surface area contributed by atoms with Gasteiger partial charge in [0.05, 0.1) is 15.6 Å². The summed E-state index contributed by atoms with van der Waals surface area (Å²) in [4.78, 5) is 17.2. The summed E-state index contributed by atoms with van der Waals surface area (Å²) in [6.45, 7) is 6.60. The average molecular weight is 223 g/mol. The van der Waals surface area contributed by atoms with Crippen LogP contribution in [0.25, 0.3) is 0 Å². The summed E-state index contributed by atoms with van der Waals surface area (Å²) in [7, 11) is 0. The van der Waals surface area contributed by atoms with Gasteiger partial charge in [0.15, 0.2) is 5.78 Å². The van der Waals surface area contributed by atoms with Crippen LogP contribution in [0.4, 0.5) is 0 Å². The van der Waals surface area contributed by atoms with E-state index in [2.05, 4.69) is 25.8 Å². The quantitative estimate of drug-likeness (QED) is 0.769. The summed E-state index contributed by atoms with van der Waals surface area (Å²) < 4.78 is 0. The van der Waals surface area contributed by atoms with Gasteiger partial charge in [-0.25, -0.2) is 4.98 Å². The molecule has 0 radical (unpaired) electrons. The van der Waals surface area contributed by atoms with E-state index in [0.717, 1.165) is 28.4 Å². The zero-order valence-electron chi connectivity index (χ0n) is 9.54. The monoisotopic (exact) mass is 223 g/mol. The molecule has 3 heteroatoms. The molecule has 15 heavy (non-hydrogen) atoms. The van der Waals surface area contributed by atoms with Crippen molar-refractivity contribution in [1.29, 1.82) is 0 Å². The molecule has 0 saturated carbocycles. The van der Waals surface area contributed by atoms with E-state index in [1.807, 2.05) is 0 Å². The third-order valence-corrected chi connectivity index (χ3v) is 4.51. The average Bonchev–Trinajstić information content (AvgIpc) is 2.61. The van der Waals surface area contributed by atoms with Gasteiger partial charge >= 0.3 is 0 Å². The van der Waals surface area contributed by atoms with Gasteiger partial charge in [0.1, 0.15) is 0 Å². The second-order valence-electron chi connectivity index (χ2n) is 4.64. The Labute approximate surface area is 94.7 Å². The molecule has 0 amide bonds. The summed E-state index contributed by atoms with van der Waals surface area (Å²) in [6.07, 6.45) is 2.68. The molecule has 0 spiro atoms. The highest BCUT2D eigenvalue weighted by Crippen LogP contribution is 2.33. The number of hydrogen-bond acceptors (Lipinski definition) is 3. The second-order valence-corrected chi connectivity index (χ2v) is 5.67. The van der Waals surface area contributed by atoms with Gasteiger partial charge in [0.25, 0.3) is 0 Å². The van der Waals surface area contributed by atoms with E-state index in [-0.39, 0.29) is 0 Å². The molecule has 1 heterocycles. The van der Waals surface area contributed by atoms with E-state index in [9.17, 15) is 4.79 Å². The molecule has 0 bridgehead atoms. The van der Waals surface area contributed by atoms with Crippen LogP contribution in [0, 0.1) is 5.92 Å². The number of hydrogen-bond donors (Lipinski definition) is 0. The minimum atomic E-state index is 0.302. The topological polar surface area (TPSA) is 30.0 Å². The summed E-state index contributed by atoms with van der Waals surface area (Å²) in [6, 6.07) is 0. The van der Waals surface area contributed by atoms with Gasteiger partial charge in [0, 0.05) is 12.3 Å². The SMILES string of the molecule is CC(C)C(C)c1nc2c(s1)C(=O)CCC2. The van der Waals surface area contributed by atoms with Gasteiger partial charge in [-0.3, -0.25) is 4.79 Å². The van der Waals surface area contributed by atoms with Crippen LogP contribution in [0.15, 0.2) is 0 Å². The fraction of sp³-hybridized carbons (Fsp3) is 0.667. The first kappa shape index (κ1) is 10.8. The normalized spacial score (nSPS) is 18.0. The predicted octanol–water partition coefficient (Wildman–Crippen LogP) is 3.42. The minimum Gasteiger partial charge on any atom is -0.293 e. The van der Waals surface area contributed by atoms with Crippen LogP contribution >= 0.6 is 11.3 Å². The maximum Gasteiger partial charge on any atom is 0.174 e. The lowest BCUT2D eigenvalue weighted by Crippen LogP contribution is -2.07. The molecule has 0 saturated heterocycles. The van der Waals surface area contributed by atoms with Crippen molar-refractivity contribution in [3.8, 4) is 0 Å². The number of nitrogens with zero attached hydrogens (tertiary/aromatic N) is 1. The highest BCUT2D eigenvalue weighted by molar-refractivity contribution is 7.14. The highest BCUT2D eigenvalue weighted by atomic mass is 32.1. The van der Waals surface area contributed by atoms with Crippen LogP contribution in [0.1, 0.15) is 59.9 Å². The first-order chi connectivity index (χ1) is 7.09. The molecule has 82 valence electrons. The van der Waals surface area contributed by atoms with Crippen molar-refractivity contribution in [2.75, 3.05) is 0 Å². The van der Waals surface area contributed by atoms with Gasteiger partial charge in [-0.05, 0) is 18.8 Å². The molecule has 1 unspecified atom stereocenters. The molecule has 0 aliphatic heterocycles. The molecule has 1 aliphatic rings. The Morgan fingerprint density at radius 3 is 2.60 bits per heavy atom. The van der Waals surface area contributed by atoms with Crippen molar-refractivity contribution >= 4 is 17.1 Å². The van der Waals surface area contributed by atoms with E-state index in [1.165, 1.54) is 0 Å². The predicted molar refractivity (Wildman–Crippen MR) is 62.6 cm³/mol. The van der Waals surface area contributed by atoms with Crippen molar-refractivity contribution in [2.24, 2.45) is 5.92 Å².